The van der Waals surface area contributed by atoms with Crippen LogP contribution in [-0.2, 0) is 0 Å². The lowest BCUT2D eigenvalue weighted by atomic mass is 9.85. The molecule has 1 nitrogen and oxygen atoms in total. The van der Waals surface area contributed by atoms with Gasteiger partial charge >= 0.3 is 0 Å². The summed E-state index contributed by atoms with van der Waals surface area (Å²) in [5.74, 6) is 0. The number of fused-ring (bicyclic) bond motifs is 1. The highest BCUT2D eigenvalue weighted by Crippen LogP contribution is 2.35. The summed E-state index contributed by atoms with van der Waals surface area (Å²) in [5.41, 5.74) is 1.54. The van der Waals surface area contributed by atoms with Crippen molar-refractivity contribution in [2.45, 2.75) is 6.17 Å². The number of halogens is 1. The van der Waals surface area contributed by atoms with E-state index >= 15 is 0 Å². The molecule has 0 aliphatic heterocycles. The molecule has 0 bridgehead atoms. The molecule has 0 saturated carbocycles. The number of hydrogen-bond acceptors (Lipinski definition) is 1. The Hall–Kier alpha value is -1.18. The number of rotatable bonds is 0. The lowest BCUT2D eigenvalue weighted by Gasteiger charge is -2.23. The van der Waals surface area contributed by atoms with Crippen LogP contribution in [0.5, 0.6) is 0 Å². The Morgan fingerprint density at radius 2 is 2.00 bits per heavy atom. The highest BCUT2D eigenvalue weighted by atomic mass is 19.1. The van der Waals surface area contributed by atoms with Gasteiger partial charge in [-0.15, -0.1) is 0 Å². The number of benzene rings is 1. The molecule has 50 valence electrons. The molecule has 0 radical (unpaired) electrons. The van der Waals surface area contributed by atoms with E-state index in [4.69, 9.17) is 5.41 Å². The highest BCUT2D eigenvalue weighted by molar-refractivity contribution is 6.10. The number of hydrogen-bond donors (Lipinski definition) is 1. The van der Waals surface area contributed by atoms with Crippen LogP contribution in [0.25, 0.3) is 0 Å². The van der Waals surface area contributed by atoms with Gasteiger partial charge in [-0.1, -0.05) is 24.3 Å². The molecule has 0 spiro atoms. The van der Waals surface area contributed by atoms with Gasteiger partial charge in [-0.2, -0.15) is 0 Å². The molecule has 0 amide bonds. The average Bonchev–Trinajstić information content (AvgIpc) is 2.03. The summed E-state index contributed by atoms with van der Waals surface area (Å²) in [6.07, 6.45) is -1.13. The van der Waals surface area contributed by atoms with Gasteiger partial charge in [0.05, 0.1) is 5.71 Å². The maximum Gasteiger partial charge on any atom is 0.168 e. The molecule has 10 heavy (non-hydrogen) atoms. The molecule has 2 rings (SSSR count). The maximum absolute atomic E-state index is 12.7. The van der Waals surface area contributed by atoms with Crippen molar-refractivity contribution in [1.29, 1.82) is 5.41 Å². The molecule has 1 atom stereocenters. The average molecular weight is 135 g/mol. The van der Waals surface area contributed by atoms with Crippen LogP contribution in [0.15, 0.2) is 24.3 Å². The van der Waals surface area contributed by atoms with Crippen molar-refractivity contribution < 1.29 is 4.39 Å². The Morgan fingerprint density at radius 1 is 1.30 bits per heavy atom. The van der Waals surface area contributed by atoms with E-state index in [0.29, 0.717) is 5.56 Å². The Labute approximate surface area is 58.0 Å². The molecule has 0 aromatic heterocycles. The van der Waals surface area contributed by atoms with Crippen LogP contribution in [0, 0.1) is 5.41 Å². The third-order valence-corrected chi connectivity index (χ3v) is 1.78. The maximum atomic E-state index is 12.7. The van der Waals surface area contributed by atoms with Crippen LogP contribution in [0.3, 0.4) is 0 Å². The monoisotopic (exact) mass is 135 g/mol. The van der Waals surface area contributed by atoms with Crippen LogP contribution in [-0.4, -0.2) is 5.71 Å². The minimum Gasteiger partial charge on any atom is -0.301 e. The zero-order valence-electron chi connectivity index (χ0n) is 5.26. The number of nitrogens with one attached hydrogen (secondary N) is 1. The van der Waals surface area contributed by atoms with Crippen molar-refractivity contribution >= 4 is 5.71 Å². The van der Waals surface area contributed by atoms with Gasteiger partial charge in [-0.05, 0) is 0 Å². The van der Waals surface area contributed by atoms with E-state index in [1.54, 1.807) is 18.2 Å². The number of alkyl halides is 1. The third kappa shape index (κ3) is 0.485. The summed E-state index contributed by atoms with van der Waals surface area (Å²) < 4.78 is 12.7. The first kappa shape index (κ1) is 5.59. The highest BCUT2D eigenvalue weighted by Gasteiger charge is 2.31. The Kier molecular flexibility index (Phi) is 0.926. The minimum absolute atomic E-state index is 0.121. The van der Waals surface area contributed by atoms with Gasteiger partial charge < -0.3 is 5.41 Å². The first-order valence-electron chi connectivity index (χ1n) is 3.12. The Bertz CT molecular complexity index is 293. The first-order chi connectivity index (χ1) is 4.80. The van der Waals surface area contributed by atoms with E-state index < -0.39 is 6.17 Å². The molecule has 1 unspecified atom stereocenters. The lowest BCUT2D eigenvalue weighted by molar-refractivity contribution is 0.421. The zero-order valence-corrected chi connectivity index (χ0v) is 5.26. The molecule has 1 aromatic rings. The van der Waals surface area contributed by atoms with Gasteiger partial charge in [0.15, 0.2) is 6.17 Å². The standard InChI is InChI=1S/C8H6FN/c9-7-5-3-1-2-4-6(5)8(7)10/h1-4,7,10H. The summed E-state index contributed by atoms with van der Waals surface area (Å²) >= 11 is 0. The summed E-state index contributed by atoms with van der Waals surface area (Å²) in [5, 5.41) is 7.14. The van der Waals surface area contributed by atoms with E-state index in [0.717, 1.165) is 5.56 Å². The van der Waals surface area contributed by atoms with E-state index in [1.807, 2.05) is 6.07 Å². The van der Waals surface area contributed by atoms with Gasteiger partial charge in [-0.3, -0.25) is 0 Å². The van der Waals surface area contributed by atoms with Crippen molar-refractivity contribution in [2.75, 3.05) is 0 Å². The van der Waals surface area contributed by atoms with Crippen LogP contribution < -0.4 is 0 Å². The van der Waals surface area contributed by atoms with Crippen molar-refractivity contribution in [3.8, 4) is 0 Å². The second-order valence-electron chi connectivity index (χ2n) is 2.36. The van der Waals surface area contributed by atoms with Gasteiger partial charge in [-0.25, -0.2) is 4.39 Å². The van der Waals surface area contributed by atoms with E-state index in [-0.39, 0.29) is 5.71 Å². The van der Waals surface area contributed by atoms with Gasteiger partial charge in [0.25, 0.3) is 0 Å². The minimum atomic E-state index is -1.13. The molecule has 0 fully saturated rings. The topological polar surface area (TPSA) is 23.9 Å². The zero-order chi connectivity index (χ0) is 7.14. The SMILES string of the molecule is N=C1c2ccccc2C1F. The van der Waals surface area contributed by atoms with Crippen LogP contribution in [0.1, 0.15) is 17.3 Å². The molecule has 0 saturated heterocycles. The van der Waals surface area contributed by atoms with Crippen LogP contribution in [0.2, 0.25) is 0 Å². The normalized spacial score (nSPS) is 21.7. The molecule has 2 heteroatoms. The van der Waals surface area contributed by atoms with E-state index in [9.17, 15) is 4.39 Å². The summed E-state index contributed by atoms with van der Waals surface area (Å²) in [6.45, 7) is 0. The second kappa shape index (κ2) is 1.66. The smallest absolute Gasteiger partial charge is 0.168 e. The van der Waals surface area contributed by atoms with Crippen molar-refractivity contribution in [1.82, 2.24) is 0 Å². The van der Waals surface area contributed by atoms with Crippen molar-refractivity contribution in [3.05, 3.63) is 35.4 Å². The van der Waals surface area contributed by atoms with Gasteiger partial charge in [0.2, 0.25) is 0 Å². The summed E-state index contributed by atoms with van der Waals surface area (Å²) in [4.78, 5) is 0. The quantitative estimate of drug-likeness (QED) is 0.563. The predicted octanol–water partition coefficient (Wildman–Crippen LogP) is 2.08. The largest absolute Gasteiger partial charge is 0.301 e. The Morgan fingerprint density at radius 3 is 2.70 bits per heavy atom. The molecule has 1 N–H and O–H groups in total. The first-order valence-corrected chi connectivity index (χ1v) is 3.12. The van der Waals surface area contributed by atoms with Gasteiger partial charge in [0, 0.05) is 11.1 Å². The molecular weight excluding hydrogens is 129 g/mol. The third-order valence-electron chi connectivity index (χ3n) is 1.78. The second-order valence-corrected chi connectivity index (χ2v) is 2.36. The fraction of sp³-hybridized carbons (Fsp3) is 0.125. The summed E-state index contributed by atoms with van der Waals surface area (Å²) in [6, 6.07) is 7.10. The summed E-state index contributed by atoms with van der Waals surface area (Å²) in [7, 11) is 0. The fourth-order valence-electron chi connectivity index (χ4n) is 1.18. The lowest BCUT2D eigenvalue weighted by Crippen LogP contribution is -2.22. The molecule has 1 aliphatic rings. The van der Waals surface area contributed by atoms with E-state index in [1.165, 1.54) is 0 Å². The van der Waals surface area contributed by atoms with Crippen LogP contribution >= 0.6 is 0 Å². The van der Waals surface area contributed by atoms with Gasteiger partial charge in [0.1, 0.15) is 0 Å². The van der Waals surface area contributed by atoms with Crippen LogP contribution in [0.4, 0.5) is 4.39 Å². The molecule has 1 aromatic carbocycles. The van der Waals surface area contributed by atoms with Crippen molar-refractivity contribution in [3.63, 3.8) is 0 Å². The fourth-order valence-corrected chi connectivity index (χ4v) is 1.18. The molecule has 0 heterocycles. The van der Waals surface area contributed by atoms with E-state index in [2.05, 4.69) is 0 Å². The van der Waals surface area contributed by atoms with Crippen molar-refractivity contribution in [2.24, 2.45) is 0 Å². The Balaban J connectivity index is 2.60. The molecular formula is C8H6FN. The molecule has 1 aliphatic carbocycles. The predicted molar refractivity (Wildman–Crippen MR) is 37.1 cm³/mol.